The number of aromatic nitrogens is 1. The quantitative estimate of drug-likeness (QED) is 0.189. The molecule has 1 heterocycles. The lowest BCUT2D eigenvalue weighted by Crippen LogP contribution is -2.33. The molecule has 0 radical (unpaired) electrons. The van der Waals surface area contributed by atoms with Gasteiger partial charge in [0.2, 0.25) is 0 Å². The maximum absolute atomic E-state index is 16.3. The van der Waals surface area contributed by atoms with Crippen LogP contribution in [0.2, 0.25) is 0 Å². The third kappa shape index (κ3) is 8.91. The van der Waals surface area contributed by atoms with E-state index < -0.39 is 76.9 Å². The Balaban J connectivity index is 2.20. The highest BCUT2D eigenvalue weighted by molar-refractivity contribution is 5.84. The molecule has 0 bridgehead atoms. The fourth-order valence-electron chi connectivity index (χ4n) is 5.95. The summed E-state index contributed by atoms with van der Waals surface area (Å²) in [5.74, 6) is -7.20. The molecule has 3 rings (SSSR count). The SMILES string of the molecule is Cc1cc(C)c(-c2cc(C)c(F)c([C@H](CC(=O)O)CC(=O)C(CC(C)C)n3cc(CCN(C)C)c(C(F)(F)F)cc3=O)c2F)c(F)c1. The average Bonchev–Trinajstić information content (AvgIpc) is 2.92. The second kappa shape index (κ2) is 14.9. The van der Waals surface area contributed by atoms with Gasteiger partial charge in [-0.15, -0.1) is 0 Å². The van der Waals surface area contributed by atoms with Gasteiger partial charge in [0.15, 0.2) is 5.78 Å². The van der Waals surface area contributed by atoms with Crippen LogP contribution in [0.5, 0.6) is 0 Å². The molecule has 0 aliphatic carbocycles. The maximum Gasteiger partial charge on any atom is 0.416 e. The van der Waals surface area contributed by atoms with Crippen LogP contribution in [0, 0.1) is 44.1 Å². The summed E-state index contributed by atoms with van der Waals surface area (Å²) in [5, 5.41) is 9.72. The van der Waals surface area contributed by atoms with Gasteiger partial charge in [-0.25, -0.2) is 13.2 Å². The molecule has 0 fully saturated rings. The molecule has 47 heavy (non-hydrogen) atoms. The lowest BCUT2D eigenvalue weighted by atomic mass is 9.83. The predicted octanol–water partition coefficient (Wildman–Crippen LogP) is 7.79. The Labute approximate surface area is 270 Å². The topological polar surface area (TPSA) is 79.6 Å². The number of rotatable bonds is 13. The van der Waals surface area contributed by atoms with E-state index >= 15 is 13.2 Å². The zero-order valence-electron chi connectivity index (χ0n) is 27.5. The van der Waals surface area contributed by atoms with E-state index in [0.29, 0.717) is 17.2 Å². The van der Waals surface area contributed by atoms with Gasteiger partial charge in [-0.3, -0.25) is 14.4 Å². The van der Waals surface area contributed by atoms with E-state index in [2.05, 4.69) is 0 Å². The predicted molar refractivity (Wildman–Crippen MR) is 167 cm³/mol. The molecule has 0 aliphatic heterocycles. The van der Waals surface area contributed by atoms with Crippen LogP contribution in [-0.2, 0) is 22.2 Å². The Kier molecular flexibility index (Phi) is 11.9. The third-order valence-electron chi connectivity index (χ3n) is 8.09. The summed E-state index contributed by atoms with van der Waals surface area (Å²) in [4.78, 5) is 40.7. The number of benzene rings is 2. The van der Waals surface area contributed by atoms with E-state index in [-0.39, 0.29) is 47.6 Å². The monoisotopic (exact) mass is 666 g/mol. The Bertz CT molecular complexity index is 1690. The van der Waals surface area contributed by atoms with Gasteiger partial charge in [0.25, 0.3) is 5.56 Å². The molecular weight excluding hydrogens is 626 g/mol. The van der Waals surface area contributed by atoms with Crippen LogP contribution in [0.25, 0.3) is 11.1 Å². The first kappa shape index (κ1) is 37.5. The van der Waals surface area contributed by atoms with Gasteiger partial charge in [0.05, 0.1) is 18.0 Å². The van der Waals surface area contributed by atoms with Crippen molar-refractivity contribution in [2.45, 2.75) is 78.4 Å². The van der Waals surface area contributed by atoms with Crippen LogP contribution in [0.1, 0.15) is 78.5 Å². The highest BCUT2D eigenvalue weighted by atomic mass is 19.4. The molecular formula is C35H40F6N2O4. The summed E-state index contributed by atoms with van der Waals surface area (Å²) in [6.07, 6.45) is -5.59. The van der Waals surface area contributed by atoms with Crippen LogP contribution in [-0.4, -0.2) is 47.0 Å². The number of pyridine rings is 1. The van der Waals surface area contributed by atoms with Crippen LogP contribution in [0.4, 0.5) is 26.3 Å². The highest BCUT2D eigenvalue weighted by Gasteiger charge is 2.36. The van der Waals surface area contributed by atoms with Gasteiger partial charge >= 0.3 is 12.1 Å². The van der Waals surface area contributed by atoms with E-state index in [4.69, 9.17) is 0 Å². The Morgan fingerprint density at radius 2 is 1.57 bits per heavy atom. The number of carbonyl (C=O) groups is 2. The standard InChI is InChI=1S/C35H40F6N2O4/c1-18(2)10-27(43-17-22(8-9-42(6)7)25(16-29(43)45)35(39,40)41)28(44)14-23(15-30(46)47)32-33(37)21(5)13-24(34(32)38)31-20(4)11-19(3)12-26(31)36/h11-13,16-18,23,27H,8-10,14-15H2,1-7H3,(H,46,47)/t23-,27?/m0/s1. The van der Waals surface area contributed by atoms with Crippen molar-refractivity contribution in [1.82, 2.24) is 9.47 Å². The molecule has 2 aromatic carbocycles. The van der Waals surface area contributed by atoms with Crippen molar-refractivity contribution in [2.24, 2.45) is 5.92 Å². The van der Waals surface area contributed by atoms with Crippen LogP contribution >= 0.6 is 0 Å². The molecule has 2 atom stereocenters. The first-order valence-electron chi connectivity index (χ1n) is 15.2. The zero-order chi connectivity index (χ0) is 35.5. The van der Waals surface area contributed by atoms with Gasteiger partial charge in [0, 0.05) is 47.8 Å². The van der Waals surface area contributed by atoms with E-state index in [1.807, 2.05) is 0 Å². The fraction of sp³-hybridized carbons (Fsp3) is 0.457. The molecule has 12 heteroatoms. The third-order valence-corrected chi connectivity index (χ3v) is 8.09. The summed E-state index contributed by atoms with van der Waals surface area (Å²) < 4.78 is 89.7. The molecule has 0 aliphatic rings. The summed E-state index contributed by atoms with van der Waals surface area (Å²) in [6.45, 7) is 8.16. The van der Waals surface area contributed by atoms with Gasteiger partial charge in [0.1, 0.15) is 17.5 Å². The molecule has 1 N–H and O–H groups in total. The van der Waals surface area contributed by atoms with Crippen LogP contribution in [0.15, 0.2) is 35.3 Å². The van der Waals surface area contributed by atoms with E-state index in [9.17, 15) is 32.7 Å². The minimum atomic E-state index is -4.84. The van der Waals surface area contributed by atoms with E-state index in [0.717, 1.165) is 16.8 Å². The van der Waals surface area contributed by atoms with Gasteiger partial charge < -0.3 is 14.6 Å². The summed E-state index contributed by atoms with van der Waals surface area (Å²) in [6, 6.07) is 2.99. The number of nitrogens with zero attached hydrogens (tertiary/aromatic N) is 2. The number of Topliss-reactive ketones (excluding diaryl/α,β-unsaturated/α-hetero) is 1. The van der Waals surface area contributed by atoms with Gasteiger partial charge in [-0.2, -0.15) is 13.2 Å². The number of hydrogen-bond donors (Lipinski definition) is 1. The molecule has 1 unspecified atom stereocenters. The average molecular weight is 667 g/mol. The second-order valence-corrected chi connectivity index (χ2v) is 12.8. The molecule has 0 amide bonds. The van der Waals surface area contributed by atoms with Crippen LogP contribution < -0.4 is 5.56 Å². The fourth-order valence-corrected chi connectivity index (χ4v) is 5.95. The number of carboxylic acid groups (broad SMARTS) is 1. The Morgan fingerprint density at radius 3 is 2.11 bits per heavy atom. The number of likely N-dealkylation sites (N-methyl/N-ethyl adjacent to an activating group) is 1. The van der Waals surface area contributed by atoms with Gasteiger partial charge in [-0.1, -0.05) is 19.9 Å². The minimum Gasteiger partial charge on any atom is -0.481 e. The number of ketones is 1. The minimum absolute atomic E-state index is 0.0190. The van der Waals surface area contributed by atoms with Crippen molar-refractivity contribution in [3.05, 3.63) is 91.6 Å². The van der Waals surface area contributed by atoms with Crippen molar-refractivity contribution in [3.8, 4) is 11.1 Å². The second-order valence-electron chi connectivity index (χ2n) is 12.8. The van der Waals surface area contributed by atoms with Crippen molar-refractivity contribution in [1.29, 1.82) is 0 Å². The normalized spacial score (nSPS) is 13.3. The number of halogens is 6. The molecule has 0 saturated heterocycles. The lowest BCUT2D eigenvalue weighted by Gasteiger charge is -2.26. The molecule has 1 aromatic heterocycles. The Hall–Kier alpha value is -3.93. The van der Waals surface area contributed by atoms with E-state index in [1.54, 1.807) is 52.8 Å². The molecule has 6 nitrogen and oxygen atoms in total. The van der Waals surface area contributed by atoms with Crippen LogP contribution in [0.3, 0.4) is 0 Å². The highest BCUT2D eigenvalue weighted by Crippen LogP contribution is 2.39. The zero-order valence-corrected chi connectivity index (χ0v) is 27.5. The summed E-state index contributed by atoms with van der Waals surface area (Å²) in [5.41, 5.74) is -2.80. The molecule has 3 aromatic rings. The number of aryl methyl sites for hydroxylation is 3. The molecule has 256 valence electrons. The number of carboxylic acids is 1. The first-order valence-corrected chi connectivity index (χ1v) is 15.2. The van der Waals surface area contributed by atoms with Gasteiger partial charge in [-0.05, 0) is 88.0 Å². The van der Waals surface area contributed by atoms with E-state index in [1.165, 1.54) is 13.0 Å². The first-order chi connectivity index (χ1) is 21.7. The smallest absolute Gasteiger partial charge is 0.416 e. The summed E-state index contributed by atoms with van der Waals surface area (Å²) in [7, 11) is 3.33. The lowest BCUT2D eigenvalue weighted by molar-refractivity contribution is -0.139. The number of carbonyl (C=O) groups excluding carboxylic acids is 1. The molecule has 0 spiro atoms. The van der Waals surface area contributed by atoms with Crippen molar-refractivity contribution >= 4 is 11.8 Å². The van der Waals surface area contributed by atoms with Crippen molar-refractivity contribution in [2.75, 3.05) is 20.6 Å². The number of aliphatic carboxylic acids is 1. The number of hydrogen-bond acceptors (Lipinski definition) is 4. The summed E-state index contributed by atoms with van der Waals surface area (Å²) >= 11 is 0. The number of alkyl halides is 3. The van der Waals surface area contributed by atoms with Crippen molar-refractivity contribution < 1.29 is 41.0 Å². The Morgan fingerprint density at radius 1 is 0.936 bits per heavy atom. The largest absolute Gasteiger partial charge is 0.481 e. The molecule has 0 saturated carbocycles. The maximum atomic E-state index is 16.3. The van der Waals surface area contributed by atoms with Crippen molar-refractivity contribution in [3.63, 3.8) is 0 Å².